The van der Waals surface area contributed by atoms with Gasteiger partial charge in [0.25, 0.3) is 5.12 Å². The smallest absolute Gasteiger partial charge is 0.297 e. The average molecular weight is 231 g/mol. The number of sulfone groups is 1. The molecular weight excluding hydrogens is 218 g/mol. The Bertz CT molecular complexity index is 468. The molecule has 0 aliphatic rings. The van der Waals surface area contributed by atoms with Crippen LogP contribution >= 0.6 is 0 Å². The van der Waals surface area contributed by atoms with Crippen LogP contribution in [0, 0.1) is 0 Å². The zero-order valence-corrected chi connectivity index (χ0v) is 9.58. The predicted octanol–water partition coefficient (Wildman–Crippen LogP) is -0.0343. The van der Waals surface area contributed by atoms with Gasteiger partial charge < -0.3 is 5.73 Å². The van der Waals surface area contributed by atoms with E-state index in [9.17, 15) is 13.2 Å². The number of aryl methyl sites for hydroxylation is 1. The van der Waals surface area contributed by atoms with Gasteiger partial charge >= 0.3 is 0 Å². The van der Waals surface area contributed by atoms with E-state index in [-0.39, 0.29) is 11.5 Å². The molecule has 0 aromatic carbocycles. The Morgan fingerprint density at radius 1 is 1.53 bits per heavy atom. The van der Waals surface area contributed by atoms with Gasteiger partial charge in [0.1, 0.15) is 11.5 Å². The summed E-state index contributed by atoms with van der Waals surface area (Å²) in [5.74, 6) is 0.248. The Labute approximate surface area is 88.0 Å². The molecule has 7 heteroatoms. The molecule has 0 bridgehead atoms. The van der Waals surface area contributed by atoms with E-state index in [0.29, 0.717) is 0 Å². The molecule has 0 radical (unpaired) electrons. The first-order valence-electron chi connectivity index (χ1n) is 4.34. The molecule has 1 heterocycles. The van der Waals surface area contributed by atoms with Gasteiger partial charge in [0.15, 0.2) is 0 Å². The highest BCUT2D eigenvalue weighted by atomic mass is 32.2. The van der Waals surface area contributed by atoms with Gasteiger partial charge in [-0.25, -0.2) is 8.42 Å². The quantitative estimate of drug-likeness (QED) is 0.771. The molecule has 0 saturated carbocycles. The fourth-order valence-corrected chi connectivity index (χ4v) is 1.76. The highest BCUT2D eigenvalue weighted by Gasteiger charge is 2.29. The van der Waals surface area contributed by atoms with Crippen LogP contribution in [0.1, 0.15) is 24.3 Å². The third-order valence-corrected chi connectivity index (χ3v) is 3.97. The van der Waals surface area contributed by atoms with Crippen LogP contribution in [0.25, 0.3) is 0 Å². The van der Waals surface area contributed by atoms with E-state index in [2.05, 4.69) is 5.10 Å². The Kier molecular flexibility index (Phi) is 2.85. The number of aromatic nitrogens is 2. The van der Waals surface area contributed by atoms with Gasteiger partial charge in [-0.2, -0.15) is 5.10 Å². The van der Waals surface area contributed by atoms with Crippen LogP contribution in [-0.4, -0.2) is 28.6 Å². The second kappa shape index (κ2) is 3.65. The number of carbonyl (C=O) groups excluding carboxylic acids is 1. The van der Waals surface area contributed by atoms with Crippen LogP contribution in [0.5, 0.6) is 0 Å². The number of hydrogen-bond donors (Lipinski definition) is 1. The van der Waals surface area contributed by atoms with Gasteiger partial charge in [0, 0.05) is 13.1 Å². The average Bonchev–Trinajstić information content (AvgIpc) is 2.45. The summed E-state index contributed by atoms with van der Waals surface area (Å²) in [6.07, 6.45) is 0. The molecule has 1 rings (SSSR count). The van der Waals surface area contributed by atoms with Crippen molar-refractivity contribution in [1.29, 1.82) is 0 Å². The number of nitrogens with two attached hydrogens (primary N) is 1. The van der Waals surface area contributed by atoms with Crippen molar-refractivity contribution in [2.24, 2.45) is 7.05 Å². The zero-order valence-electron chi connectivity index (χ0n) is 8.76. The SMILES string of the molecule is CC(C)S(=O)(=O)C(=O)c1cc(N)n(C)n1. The van der Waals surface area contributed by atoms with Gasteiger partial charge in [-0.05, 0) is 13.8 Å². The van der Waals surface area contributed by atoms with Crippen molar-refractivity contribution in [1.82, 2.24) is 9.78 Å². The van der Waals surface area contributed by atoms with Crippen molar-refractivity contribution in [3.05, 3.63) is 11.8 Å². The lowest BCUT2D eigenvalue weighted by Crippen LogP contribution is -2.24. The van der Waals surface area contributed by atoms with Crippen molar-refractivity contribution in [2.45, 2.75) is 19.1 Å². The molecule has 84 valence electrons. The second-order valence-corrected chi connectivity index (χ2v) is 5.86. The molecule has 0 saturated heterocycles. The standard InChI is InChI=1S/C8H13N3O3S/c1-5(2)15(13,14)8(12)6-4-7(9)11(3)10-6/h4-5H,9H2,1-3H3. The minimum absolute atomic E-state index is 0.135. The van der Waals surface area contributed by atoms with Gasteiger partial charge in [-0.15, -0.1) is 0 Å². The third-order valence-electron chi connectivity index (χ3n) is 2.00. The van der Waals surface area contributed by atoms with Crippen molar-refractivity contribution in [3.8, 4) is 0 Å². The molecule has 0 aliphatic heterocycles. The molecule has 15 heavy (non-hydrogen) atoms. The van der Waals surface area contributed by atoms with Crippen LogP contribution in [0.2, 0.25) is 0 Å². The molecule has 0 atom stereocenters. The lowest BCUT2D eigenvalue weighted by atomic mass is 10.5. The van der Waals surface area contributed by atoms with E-state index in [1.165, 1.54) is 31.6 Å². The largest absolute Gasteiger partial charge is 0.384 e. The molecular formula is C8H13N3O3S. The van der Waals surface area contributed by atoms with E-state index >= 15 is 0 Å². The third kappa shape index (κ3) is 2.01. The summed E-state index contributed by atoms with van der Waals surface area (Å²) < 4.78 is 24.3. The lowest BCUT2D eigenvalue weighted by molar-refractivity contribution is 0.107. The Morgan fingerprint density at radius 3 is 2.40 bits per heavy atom. The van der Waals surface area contributed by atoms with Gasteiger partial charge in [0.05, 0.1) is 5.25 Å². The summed E-state index contributed by atoms with van der Waals surface area (Å²) in [5, 5.41) is 1.98. The summed E-state index contributed by atoms with van der Waals surface area (Å²) in [6.45, 7) is 2.89. The molecule has 0 unspecified atom stereocenters. The predicted molar refractivity (Wildman–Crippen MR) is 56.0 cm³/mol. The van der Waals surface area contributed by atoms with E-state index < -0.39 is 20.2 Å². The Morgan fingerprint density at radius 2 is 2.07 bits per heavy atom. The van der Waals surface area contributed by atoms with Crippen molar-refractivity contribution in [3.63, 3.8) is 0 Å². The Hall–Kier alpha value is -1.37. The zero-order chi connectivity index (χ0) is 11.8. The number of hydrogen-bond acceptors (Lipinski definition) is 5. The fraction of sp³-hybridized carbons (Fsp3) is 0.500. The lowest BCUT2D eigenvalue weighted by Gasteiger charge is -2.03. The van der Waals surface area contributed by atoms with Crippen molar-refractivity contribution in [2.75, 3.05) is 5.73 Å². The first-order valence-corrected chi connectivity index (χ1v) is 5.89. The Balaban J connectivity index is 3.17. The molecule has 1 aromatic heterocycles. The van der Waals surface area contributed by atoms with Gasteiger partial charge in [0.2, 0.25) is 9.84 Å². The van der Waals surface area contributed by atoms with Crippen LogP contribution in [0.4, 0.5) is 5.82 Å². The maximum absolute atomic E-state index is 11.6. The number of carbonyl (C=O) groups is 1. The number of rotatable bonds is 2. The molecule has 2 N–H and O–H groups in total. The normalized spacial score (nSPS) is 12.0. The van der Waals surface area contributed by atoms with Crippen LogP contribution in [0.15, 0.2) is 6.07 Å². The minimum atomic E-state index is -3.80. The van der Waals surface area contributed by atoms with Gasteiger partial charge in [-0.3, -0.25) is 9.48 Å². The molecule has 6 nitrogen and oxygen atoms in total. The molecule has 0 amide bonds. The van der Waals surface area contributed by atoms with E-state index in [1.807, 2.05) is 0 Å². The summed E-state index contributed by atoms with van der Waals surface area (Å²) in [6, 6.07) is 1.25. The second-order valence-electron chi connectivity index (χ2n) is 3.46. The topological polar surface area (TPSA) is 95.0 Å². The maximum atomic E-state index is 11.6. The van der Waals surface area contributed by atoms with Crippen LogP contribution < -0.4 is 5.73 Å². The van der Waals surface area contributed by atoms with Crippen LogP contribution in [0.3, 0.4) is 0 Å². The number of nitrogens with zero attached hydrogens (tertiary/aromatic N) is 2. The first-order chi connectivity index (χ1) is 6.76. The summed E-state index contributed by atoms with van der Waals surface area (Å²) in [7, 11) is -2.27. The van der Waals surface area contributed by atoms with Crippen molar-refractivity contribution >= 4 is 20.8 Å². The molecule has 1 aromatic rings. The summed E-state index contributed by atoms with van der Waals surface area (Å²) in [5.41, 5.74) is 5.32. The van der Waals surface area contributed by atoms with E-state index in [4.69, 9.17) is 5.73 Å². The fourth-order valence-electron chi connectivity index (χ4n) is 0.941. The monoisotopic (exact) mass is 231 g/mol. The number of nitrogen functional groups attached to an aromatic ring is 1. The highest BCUT2D eigenvalue weighted by Crippen LogP contribution is 2.12. The summed E-state index contributed by atoms with van der Waals surface area (Å²) >= 11 is 0. The number of anilines is 1. The van der Waals surface area contributed by atoms with E-state index in [0.717, 1.165) is 0 Å². The van der Waals surface area contributed by atoms with Crippen molar-refractivity contribution < 1.29 is 13.2 Å². The molecule has 0 fully saturated rings. The first kappa shape index (κ1) is 11.7. The van der Waals surface area contributed by atoms with Gasteiger partial charge in [-0.1, -0.05) is 0 Å². The van der Waals surface area contributed by atoms with E-state index in [1.54, 1.807) is 0 Å². The molecule has 0 aliphatic carbocycles. The highest BCUT2D eigenvalue weighted by molar-refractivity contribution is 8.07. The summed E-state index contributed by atoms with van der Waals surface area (Å²) in [4.78, 5) is 11.6. The minimum Gasteiger partial charge on any atom is -0.384 e. The molecule has 0 spiro atoms. The van der Waals surface area contributed by atoms with Crippen LogP contribution in [-0.2, 0) is 16.9 Å². The maximum Gasteiger partial charge on any atom is 0.297 e.